The summed E-state index contributed by atoms with van der Waals surface area (Å²) >= 11 is 0. The Morgan fingerprint density at radius 1 is 1.27 bits per heavy atom. The number of hydrogen-bond acceptors (Lipinski definition) is 2. The van der Waals surface area contributed by atoms with Gasteiger partial charge in [0, 0.05) is 12.6 Å². The van der Waals surface area contributed by atoms with Crippen LogP contribution < -0.4 is 10.1 Å². The molecule has 0 amide bonds. The van der Waals surface area contributed by atoms with Crippen molar-refractivity contribution in [1.82, 2.24) is 5.32 Å². The number of rotatable bonds is 2. The third-order valence-corrected chi connectivity index (χ3v) is 3.35. The molecule has 0 saturated carbocycles. The lowest BCUT2D eigenvalue weighted by atomic mass is 9.85. The van der Waals surface area contributed by atoms with E-state index in [-0.39, 0.29) is 0 Å². The van der Waals surface area contributed by atoms with Crippen LogP contribution in [-0.4, -0.2) is 13.7 Å². The number of aryl methyl sites for hydroxylation is 2. The molecule has 0 spiro atoms. The maximum absolute atomic E-state index is 5.32. The molecular weight excluding hydrogens is 186 g/mol. The fourth-order valence-electron chi connectivity index (χ4n) is 2.25. The van der Waals surface area contributed by atoms with Crippen molar-refractivity contribution in [3.05, 3.63) is 28.8 Å². The van der Waals surface area contributed by atoms with Crippen LogP contribution in [0.4, 0.5) is 0 Å². The highest BCUT2D eigenvalue weighted by molar-refractivity contribution is 5.43. The van der Waals surface area contributed by atoms with E-state index < -0.39 is 0 Å². The summed E-state index contributed by atoms with van der Waals surface area (Å²) in [6, 6.07) is 4.92. The Bertz CT molecular complexity index is 373. The van der Waals surface area contributed by atoms with Gasteiger partial charge in [0.15, 0.2) is 0 Å². The van der Waals surface area contributed by atoms with Crippen molar-refractivity contribution >= 4 is 0 Å². The Kier molecular flexibility index (Phi) is 2.70. The molecule has 2 rings (SSSR count). The Morgan fingerprint density at radius 2 is 2.00 bits per heavy atom. The number of benzene rings is 1. The second kappa shape index (κ2) is 3.86. The molecule has 1 aliphatic rings. The average molecular weight is 205 g/mol. The van der Waals surface area contributed by atoms with Crippen molar-refractivity contribution in [1.29, 1.82) is 0 Å². The molecule has 2 unspecified atom stereocenters. The number of methoxy groups -OCH3 is 1. The van der Waals surface area contributed by atoms with E-state index in [1.165, 1.54) is 16.7 Å². The number of ether oxygens (including phenoxy) is 1. The van der Waals surface area contributed by atoms with Crippen LogP contribution in [-0.2, 0) is 0 Å². The van der Waals surface area contributed by atoms with Gasteiger partial charge in [-0.05, 0) is 42.5 Å². The van der Waals surface area contributed by atoms with E-state index >= 15 is 0 Å². The van der Waals surface area contributed by atoms with Gasteiger partial charge in [0.2, 0.25) is 0 Å². The fourth-order valence-corrected chi connectivity index (χ4v) is 2.25. The molecule has 0 bridgehead atoms. The molecule has 2 nitrogen and oxygen atoms in total. The summed E-state index contributed by atoms with van der Waals surface area (Å²) in [5, 5.41) is 3.48. The van der Waals surface area contributed by atoms with Crippen LogP contribution in [0.3, 0.4) is 0 Å². The highest BCUT2D eigenvalue weighted by Crippen LogP contribution is 2.34. The zero-order valence-electron chi connectivity index (χ0n) is 9.92. The monoisotopic (exact) mass is 205 g/mol. The van der Waals surface area contributed by atoms with Crippen LogP contribution in [0.5, 0.6) is 5.75 Å². The molecule has 0 aromatic heterocycles. The Hall–Kier alpha value is -1.02. The summed E-state index contributed by atoms with van der Waals surface area (Å²) in [6.45, 7) is 7.68. The highest BCUT2D eigenvalue weighted by atomic mass is 16.5. The molecule has 1 saturated heterocycles. The largest absolute Gasteiger partial charge is 0.496 e. The Morgan fingerprint density at radius 3 is 2.47 bits per heavy atom. The van der Waals surface area contributed by atoms with Crippen molar-refractivity contribution in [2.24, 2.45) is 5.92 Å². The SMILES string of the molecule is COc1cc(C)c(C2NCC2C)cc1C. The van der Waals surface area contributed by atoms with Crippen LogP contribution in [0.2, 0.25) is 0 Å². The normalized spacial score (nSPS) is 24.8. The predicted molar refractivity (Wildman–Crippen MR) is 62.4 cm³/mol. The first-order valence-electron chi connectivity index (χ1n) is 5.52. The maximum Gasteiger partial charge on any atom is 0.122 e. The van der Waals surface area contributed by atoms with Crippen molar-refractivity contribution in [2.75, 3.05) is 13.7 Å². The van der Waals surface area contributed by atoms with Crippen LogP contribution in [0.25, 0.3) is 0 Å². The summed E-state index contributed by atoms with van der Waals surface area (Å²) < 4.78 is 5.32. The molecule has 2 heteroatoms. The highest BCUT2D eigenvalue weighted by Gasteiger charge is 2.28. The topological polar surface area (TPSA) is 21.3 Å². The number of hydrogen-bond donors (Lipinski definition) is 1. The molecule has 0 radical (unpaired) electrons. The number of nitrogens with one attached hydrogen (secondary N) is 1. The molecular formula is C13H19NO. The van der Waals surface area contributed by atoms with Crippen molar-refractivity contribution in [2.45, 2.75) is 26.8 Å². The van der Waals surface area contributed by atoms with E-state index in [2.05, 4.69) is 38.2 Å². The van der Waals surface area contributed by atoms with Crippen molar-refractivity contribution in [3.8, 4) is 5.75 Å². The molecule has 1 aromatic carbocycles. The minimum Gasteiger partial charge on any atom is -0.496 e. The van der Waals surface area contributed by atoms with Gasteiger partial charge in [0.25, 0.3) is 0 Å². The lowest BCUT2D eigenvalue weighted by Gasteiger charge is -2.37. The van der Waals surface area contributed by atoms with E-state index in [9.17, 15) is 0 Å². The first kappa shape index (κ1) is 10.5. The van der Waals surface area contributed by atoms with Crippen molar-refractivity contribution in [3.63, 3.8) is 0 Å². The summed E-state index contributed by atoms with van der Waals surface area (Å²) in [5.41, 5.74) is 3.97. The smallest absolute Gasteiger partial charge is 0.122 e. The second-order valence-electron chi connectivity index (χ2n) is 4.54. The predicted octanol–water partition coefficient (Wildman–Crippen LogP) is 2.59. The summed E-state index contributed by atoms with van der Waals surface area (Å²) in [7, 11) is 1.73. The van der Waals surface area contributed by atoms with Gasteiger partial charge in [0.1, 0.15) is 5.75 Å². The Balaban J connectivity index is 2.36. The van der Waals surface area contributed by atoms with E-state index in [1.807, 2.05) is 0 Å². The van der Waals surface area contributed by atoms with Gasteiger partial charge in [0.05, 0.1) is 7.11 Å². The molecule has 2 atom stereocenters. The summed E-state index contributed by atoms with van der Waals surface area (Å²) in [5.74, 6) is 1.74. The Labute approximate surface area is 91.6 Å². The third-order valence-electron chi connectivity index (χ3n) is 3.35. The van der Waals surface area contributed by atoms with Crippen LogP contribution in [0.1, 0.15) is 29.7 Å². The van der Waals surface area contributed by atoms with Crippen LogP contribution in [0, 0.1) is 19.8 Å². The standard InChI is InChI=1S/C13H19NO/c1-8-6-12(15-4)9(2)5-11(8)13-10(3)7-14-13/h5-6,10,13-14H,7H2,1-4H3. The van der Waals surface area contributed by atoms with Gasteiger partial charge in [-0.25, -0.2) is 0 Å². The second-order valence-corrected chi connectivity index (χ2v) is 4.54. The van der Waals surface area contributed by atoms with E-state index in [0.717, 1.165) is 18.2 Å². The minimum atomic E-state index is 0.537. The lowest BCUT2D eigenvalue weighted by molar-refractivity contribution is 0.257. The van der Waals surface area contributed by atoms with Gasteiger partial charge in [-0.1, -0.05) is 13.0 Å². The third kappa shape index (κ3) is 1.74. The minimum absolute atomic E-state index is 0.537. The zero-order chi connectivity index (χ0) is 11.0. The van der Waals surface area contributed by atoms with Crippen molar-refractivity contribution < 1.29 is 4.74 Å². The lowest BCUT2D eigenvalue weighted by Crippen LogP contribution is -2.44. The van der Waals surface area contributed by atoms with Gasteiger partial charge in [-0.15, -0.1) is 0 Å². The van der Waals surface area contributed by atoms with Gasteiger partial charge >= 0.3 is 0 Å². The first-order valence-corrected chi connectivity index (χ1v) is 5.52. The van der Waals surface area contributed by atoms with E-state index in [1.54, 1.807) is 7.11 Å². The van der Waals surface area contributed by atoms with Gasteiger partial charge in [-0.2, -0.15) is 0 Å². The molecule has 0 aliphatic carbocycles. The summed E-state index contributed by atoms with van der Waals surface area (Å²) in [6.07, 6.45) is 0. The molecule has 15 heavy (non-hydrogen) atoms. The maximum atomic E-state index is 5.32. The molecule has 1 N–H and O–H groups in total. The van der Waals surface area contributed by atoms with Gasteiger partial charge in [-0.3, -0.25) is 0 Å². The summed E-state index contributed by atoms with van der Waals surface area (Å²) in [4.78, 5) is 0. The fraction of sp³-hybridized carbons (Fsp3) is 0.538. The molecule has 1 aromatic rings. The quantitative estimate of drug-likeness (QED) is 0.801. The molecule has 1 fully saturated rings. The molecule has 82 valence electrons. The molecule has 1 heterocycles. The van der Waals surface area contributed by atoms with Crippen LogP contribution in [0.15, 0.2) is 12.1 Å². The van der Waals surface area contributed by atoms with E-state index in [4.69, 9.17) is 4.74 Å². The van der Waals surface area contributed by atoms with Gasteiger partial charge < -0.3 is 10.1 Å². The molecule has 1 aliphatic heterocycles. The van der Waals surface area contributed by atoms with E-state index in [0.29, 0.717) is 6.04 Å². The zero-order valence-corrected chi connectivity index (χ0v) is 9.92. The van der Waals surface area contributed by atoms with Crippen LogP contribution >= 0.6 is 0 Å². The first-order chi connectivity index (χ1) is 7.13. The average Bonchev–Trinajstić information content (AvgIpc) is 2.20.